The average molecular weight is 415 g/mol. The maximum atomic E-state index is 13.0. The van der Waals surface area contributed by atoms with Crippen LogP contribution in [-0.4, -0.2) is 35.8 Å². The Balaban J connectivity index is 1.38. The van der Waals surface area contributed by atoms with Gasteiger partial charge in [0, 0.05) is 30.4 Å². The lowest BCUT2D eigenvalue weighted by molar-refractivity contribution is 0.0791. The number of carbonyl (C=O) groups is 2. The Morgan fingerprint density at radius 3 is 2.58 bits per heavy atom. The molecule has 3 N–H and O–H groups in total. The van der Waals surface area contributed by atoms with Gasteiger partial charge in [-0.25, -0.2) is 0 Å². The Kier molecular flexibility index (Phi) is 6.17. The summed E-state index contributed by atoms with van der Waals surface area (Å²) in [6, 6.07) is 24.5. The molecule has 3 aromatic rings. The molecule has 0 radical (unpaired) electrons. The number of hydrogen-bond acceptors (Lipinski definition) is 4. The second-order valence-electron chi connectivity index (χ2n) is 7.60. The van der Waals surface area contributed by atoms with E-state index in [1.807, 2.05) is 59.5 Å². The molecule has 3 aromatic carbocycles. The number of nitrogens with zero attached hydrogens (tertiary/aromatic N) is 1. The second-order valence-corrected chi connectivity index (χ2v) is 7.60. The molecule has 31 heavy (non-hydrogen) atoms. The second kappa shape index (κ2) is 9.34. The molecule has 1 aliphatic rings. The van der Waals surface area contributed by atoms with E-state index in [1.165, 1.54) is 0 Å². The van der Waals surface area contributed by atoms with Gasteiger partial charge in [-0.2, -0.15) is 0 Å². The zero-order valence-electron chi connectivity index (χ0n) is 17.2. The predicted molar refractivity (Wildman–Crippen MR) is 120 cm³/mol. The highest BCUT2D eigenvalue weighted by Crippen LogP contribution is 2.21. The Morgan fingerprint density at radius 2 is 1.77 bits per heavy atom. The molecule has 1 saturated heterocycles. The van der Waals surface area contributed by atoms with E-state index < -0.39 is 5.91 Å². The zero-order chi connectivity index (χ0) is 21.6. The normalized spacial score (nSPS) is 15.5. The third-order valence-corrected chi connectivity index (χ3v) is 5.34. The van der Waals surface area contributed by atoms with Crippen molar-refractivity contribution in [3.63, 3.8) is 0 Å². The molecule has 0 bridgehead atoms. The molecular weight excluding hydrogens is 390 g/mol. The first-order chi connectivity index (χ1) is 15.1. The van der Waals surface area contributed by atoms with Crippen molar-refractivity contribution in [1.29, 1.82) is 0 Å². The molecule has 1 aliphatic heterocycles. The Bertz CT molecular complexity index is 1070. The van der Waals surface area contributed by atoms with Crippen molar-refractivity contribution < 1.29 is 14.3 Å². The van der Waals surface area contributed by atoms with Gasteiger partial charge in [-0.1, -0.05) is 42.5 Å². The van der Waals surface area contributed by atoms with Crippen LogP contribution in [0.25, 0.3) is 0 Å². The van der Waals surface area contributed by atoms with Gasteiger partial charge in [-0.15, -0.1) is 0 Å². The van der Waals surface area contributed by atoms with Crippen molar-refractivity contribution >= 4 is 17.5 Å². The monoisotopic (exact) mass is 415 g/mol. The molecule has 0 spiro atoms. The first-order valence-corrected chi connectivity index (χ1v) is 10.3. The largest absolute Gasteiger partial charge is 0.488 e. The van der Waals surface area contributed by atoms with Crippen LogP contribution in [0.3, 0.4) is 0 Å². The molecule has 1 unspecified atom stereocenters. The van der Waals surface area contributed by atoms with E-state index in [-0.39, 0.29) is 18.6 Å². The number of likely N-dealkylation sites (tertiary alicyclic amines) is 1. The van der Waals surface area contributed by atoms with Crippen molar-refractivity contribution in [2.24, 2.45) is 5.73 Å². The Hall–Kier alpha value is -3.80. The lowest BCUT2D eigenvalue weighted by Crippen LogP contribution is -2.31. The summed E-state index contributed by atoms with van der Waals surface area (Å²) in [5.41, 5.74) is 8.29. The summed E-state index contributed by atoms with van der Waals surface area (Å²) in [6.07, 6.45) is 0.910. The summed E-state index contributed by atoms with van der Waals surface area (Å²) in [6.45, 7) is 1.63. The predicted octanol–water partition coefficient (Wildman–Crippen LogP) is 3.69. The maximum absolute atomic E-state index is 13.0. The maximum Gasteiger partial charge on any atom is 0.253 e. The minimum Gasteiger partial charge on any atom is -0.488 e. The quantitative estimate of drug-likeness (QED) is 0.616. The smallest absolute Gasteiger partial charge is 0.253 e. The first kappa shape index (κ1) is 20.5. The van der Waals surface area contributed by atoms with Crippen LogP contribution in [0.4, 0.5) is 5.69 Å². The van der Waals surface area contributed by atoms with Crippen LogP contribution in [0.1, 0.15) is 32.7 Å². The van der Waals surface area contributed by atoms with Crippen molar-refractivity contribution in [3.8, 4) is 5.75 Å². The number of para-hydroxylation sites is 2. The highest BCUT2D eigenvalue weighted by Gasteiger charge is 2.27. The lowest BCUT2D eigenvalue weighted by atomic mass is 10.1. The third kappa shape index (κ3) is 5.04. The number of anilines is 1. The number of hydrogen-bond donors (Lipinski definition) is 2. The van der Waals surface area contributed by atoms with Crippen LogP contribution in [0.2, 0.25) is 0 Å². The fraction of sp³-hybridized carbons (Fsp3) is 0.200. The molecule has 1 heterocycles. The number of carbonyl (C=O) groups excluding carboxylic acids is 2. The number of ether oxygens (including phenoxy) is 1. The van der Waals surface area contributed by atoms with Crippen LogP contribution in [0.15, 0.2) is 78.9 Å². The fourth-order valence-electron chi connectivity index (χ4n) is 3.77. The molecule has 0 aromatic heterocycles. The standard InChI is InChI=1S/C25H25N3O3/c26-24(29)22-11-4-5-12-23(22)31-17-18-7-6-8-19(15-18)25(30)28-14-13-21(16-28)27-20-9-2-1-3-10-20/h1-12,15,21,27H,13-14,16-17H2,(H2,26,29). The molecular formula is C25H25N3O3. The third-order valence-electron chi connectivity index (χ3n) is 5.34. The van der Waals surface area contributed by atoms with Crippen molar-refractivity contribution in [2.45, 2.75) is 19.1 Å². The highest BCUT2D eigenvalue weighted by molar-refractivity contribution is 5.95. The topological polar surface area (TPSA) is 84.7 Å². The Morgan fingerprint density at radius 1 is 1.00 bits per heavy atom. The van der Waals surface area contributed by atoms with E-state index in [4.69, 9.17) is 10.5 Å². The van der Waals surface area contributed by atoms with Gasteiger partial charge in [0.05, 0.1) is 5.56 Å². The van der Waals surface area contributed by atoms with E-state index >= 15 is 0 Å². The van der Waals surface area contributed by atoms with Gasteiger partial charge < -0.3 is 20.7 Å². The molecule has 0 aliphatic carbocycles. The average Bonchev–Trinajstić information content (AvgIpc) is 3.26. The zero-order valence-corrected chi connectivity index (χ0v) is 17.2. The van der Waals surface area contributed by atoms with E-state index in [0.717, 1.165) is 24.2 Å². The fourth-order valence-corrected chi connectivity index (χ4v) is 3.77. The number of nitrogens with one attached hydrogen (secondary N) is 1. The van der Waals surface area contributed by atoms with Crippen molar-refractivity contribution in [1.82, 2.24) is 4.90 Å². The van der Waals surface area contributed by atoms with Crippen molar-refractivity contribution in [2.75, 3.05) is 18.4 Å². The number of primary amides is 1. The van der Waals surface area contributed by atoms with Crippen LogP contribution in [0, 0.1) is 0 Å². The van der Waals surface area contributed by atoms with Gasteiger partial charge in [0.1, 0.15) is 12.4 Å². The minimum absolute atomic E-state index is 0.0109. The van der Waals surface area contributed by atoms with Gasteiger partial charge in [-0.3, -0.25) is 9.59 Å². The van der Waals surface area contributed by atoms with E-state index in [2.05, 4.69) is 5.32 Å². The van der Waals surface area contributed by atoms with Crippen LogP contribution < -0.4 is 15.8 Å². The van der Waals surface area contributed by atoms with Crippen LogP contribution in [-0.2, 0) is 6.61 Å². The van der Waals surface area contributed by atoms with Crippen molar-refractivity contribution in [3.05, 3.63) is 95.6 Å². The molecule has 4 rings (SSSR count). The Labute approximate surface area is 181 Å². The molecule has 2 amide bonds. The van der Waals surface area contributed by atoms with Gasteiger partial charge in [0.15, 0.2) is 0 Å². The summed E-state index contributed by atoms with van der Waals surface area (Å²) in [5, 5.41) is 3.49. The minimum atomic E-state index is -0.535. The number of rotatable bonds is 7. The molecule has 1 atom stereocenters. The van der Waals surface area contributed by atoms with E-state index in [9.17, 15) is 9.59 Å². The molecule has 1 fully saturated rings. The van der Waals surface area contributed by atoms with Gasteiger partial charge in [0.2, 0.25) is 0 Å². The number of benzene rings is 3. The summed E-state index contributed by atoms with van der Waals surface area (Å²) >= 11 is 0. The van der Waals surface area contributed by atoms with E-state index in [1.54, 1.807) is 24.3 Å². The number of amides is 2. The summed E-state index contributed by atoms with van der Waals surface area (Å²) in [4.78, 5) is 26.4. The summed E-state index contributed by atoms with van der Waals surface area (Å²) in [7, 11) is 0. The lowest BCUT2D eigenvalue weighted by Gasteiger charge is -2.18. The van der Waals surface area contributed by atoms with Crippen LogP contribution >= 0.6 is 0 Å². The van der Waals surface area contributed by atoms with E-state index in [0.29, 0.717) is 23.4 Å². The molecule has 0 saturated carbocycles. The number of nitrogens with two attached hydrogens (primary N) is 1. The summed E-state index contributed by atoms with van der Waals surface area (Å²) in [5.74, 6) is -0.0925. The summed E-state index contributed by atoms with van der Waals surface area (Å²) < 4.78 is 5.79. The first-order valence-electron chi connectivity index (χ1n) is 10.3. The molecule has 6 heteroatoms. The van der Waals surface area contributed by atoms with Gasteiger partial charge >= 0.3 is 0 Å². The van der Waals surface area contributed by atoms with Crippen LogP contribution in [0.5, 0.6) is 5.75 Å². The van der Waals surface area contributed by atoms with Gasteiger partial charge in [0.25, 0.3) is 11.8 Å². The highest BCUT2D eigenvalue weighted by atomic mass is 16.5. The SMILES string of the molecule is NC(=O)c1ccccc1OCc1cccc(C(=O)N2CCC(Nc3ccccc3)C2)c1. The molecule has 6 nitrogen and oxygen atoms in total. The van der Waals surface area contributed by atoms with Gasteiger partial charge in [-0.05, 0) is 48.4 Å². The molecule has 158 valence electrons.